The summed E-state index contributed by atoms with van der Waals surface area (Å²) in [6, 6.07) is 9.22. The van der Waals surface area contributed by atoms with Crippen LogP contribution < -0.4 is 21.8 Å². The normalized spacial score (nSPS) is 16.4. The standard InChI is InChI=1S/C21H24N6O2.CH6NO/c22-17-19(20(28)15-5-3-8-24-18(15)21(17)29)25-9-4-10-26-11-13-27(14-12-26)16-6-1-2-7-23-16;1-3-2/h1-3,5-8,25H,4,9-14,22H2;1-2H3/q;+1. The molecular weight excluding hydrogens is 410 g/mol. The van der Waals surface area contributed by atoms with Gasteiger partial charge < -0.3 is 16.0 Å². The van der Waals surface area contributed by atoms with Crippen LogP contribution in [0, 0.1) is 0 Å². The smallest absolute Gasteiger partial charge is 0.229 e. The van der Waals surface area contributed by atoms with E-state index in [1.807, 2.05) is 24.4 Å². The summed E-state index contributed by atoms with van der Waals surface area (Å²) in [6.45, 7) is 5.32. The van der Waals surface area contributed by atoms with E-state index in [4.69, 9.17) is 5.73 Å². The van der Waals surface area contributed by atoms with Crippen LogP contribution in [-0.4, -0.2) is 72.8 Å². The number of aromatic nitrogens is 2. The minimum absolute atomic E-state index is 0.0508. The van der Waals surface area contributed by atoms with E-state index in [0.29, 0.717) is 12.1 Å². The maximum absolute atomic E-state index is 12.6. The number of hydrogen-bond acceptors (Lipinski definition) is 9. The molecule has 3 heterocycles. The molecule has 0 atom stereocenters. The number of nitrogens with zero attached hydrogens (tertiary/aromatic N) is 4. The SMILES string of the molecule is CO[NH3+].NC1=C(NCCCN2CCN(c3ccccn3)CC2)C(=O)c2cccnc2C1=O. The molecule has 0 saturated carbocycles. The molecule has 2 aromatic heterocycles. The molecule has 170 valence electrons. The fourth-order valence-electron chi connectivity index (χ4n) is 3.70. The Kier molecular flexibility index (Phi) is 8.26. The molecule has 0 bridgehead atoms. The van der Waals surface area contributed by atoms with Crippen LogP contribution in [0.2, 0.25) is 0 Å². The van der Waals surface area contributed by atoms with Crippen molar-refractivity contribution in [2.75, 3.05) is 51.3 Å². The number of Topliss-reactive ketones (excluding diaryl/α,β-unsaturated/α-hetero) is 2. The molecule has 2 aromatic rings. The van der Waals surface area contributed by atoms with E-state index in [2.05, 4.69) is 35.8 Å². The van der Waals surface area contributed by atoms with Gasteiger partial charge in [-0.2, -0.15) is 0 Å². The number of nitrogens with two attached hydrogens (primary N) is 1. The van der Waals surface area contributed by atoms with Crippen LogP contribution in [0.15, 0.2) is 54.1 Å². The van der Waals surface area contributed by atoms with Gasteiger partial charge in [0.25, 0.3) is 0 Å². The van der Waals surface area contributed by atoms with Crippen molar-refractivity contribution in [1.29, 1.82) is 0 Å². The predicted molar refractivity (Wildman–Crippen MR) is 120 cm³/mol. The maximum atomic E-state index is 12.6. The fraction of sp³-hybridized carbons (Fsp3) is 0.364. The summed E-state index contributed by atoms with van der Waals surface area (Å²) < 4.78 is 0. The molecule has 1 aliphatic heterocycles. The Balaban J connectivity index is 0.000000913. The molecule has 10 heteroatoms. The lowest BCUT2D eigenvalue weighted by Gasteiger charge is -2.35. The minimum Gasteiger partial charge on any atom is -0.394 e. The number of carbonyl (C=O) groups is 2. The van der Waals surface area contributed by atoms with Gasteiger partial charge in [-0.15, -0.1) is 0 Å². The van der Waals surface area contributed by atoms with Crippen molar-refractivity contribution < 1.29 is 20.3 Å². The average molecular weight is 441 g/mol. The quantitative estimate of drug-likeness (QED) is 0.405. The van der Waals surface area contributed by atoms with Crippen LogP contribution in [0.3, 0.4) is 0 Å². The van der Waals surface area contributed by atoms with Gasteiger partial charge in [0.1, 0.15) is 22.9 Å². The largest absolute Gasteiger partial charge is 0.394 e. The van der Waals surface area contributed by atoms with E-state index in [9.17, 15) is 9.59 Å². The van der Waals surface area contributed by atoms with Crippen LogP contribution in [0.1, 0.15) is 27.3 Å². The van der Waals surface area contributed by atoms with Crippen molar-refractivity contribution in [3.8, 4) is 0 Å². The molecule has 4 rings (SSSR count). The number of ketones is 2. The van der Waals surface area contributed by atoms with Gasteiger partial charge in [-0.25, -0.2) is 15.7 Å². The first kappa shape index (κ1) is 23.3. The molecule has 0 spiro atoms. The van der Waals surface area contributed by atoms with Crippen molar-refractivity contribution in [1.82, 2.24) is 20.2 Å². The average Bonchev–Trinajstić information content (AvgIpc) is 2.83. The first-order chi connectivity index (χ1) is 15.6. The van der Waals surface area contributed by atoms with Gasteiger partial charge in [0.2, 0.25) is 11.6 Å². The second-order valence-electron chi connectivity index (χ2n) is 7.43. The van der Waals surface area contributed by atoms with Gasteiger partial charge in [0.15, 0.2) is 0 Å². The molecule has 0 unspecified atom stereocenters. The lowest BCUT2D eigenvalue weighted by atomic mass is 9.94. The zero-order chi connectivity index (χ0) is 22.9. The van der Waals surface area contributed by atoms with Crippen molar-refractivity contribution in [3.05, 3.63) is 65.4 Å². The van der Waals surface area contributed by atoms with E-state index in [1.165, 1.54) is 13.3 Å². The number of piperazine rings is 1. The molecule has 1 fully saturated rings. The molecule has 32 heavy (non-hydrogen) atoms. The Morgan fingerprint density at radius 3 is 2.47 bits per heavy atom. The highest BCUT2D eigenvalue weighted by atomic mass is 16.6. The van der Waals surface area contributed by atoms with Gasteiger partial charge in [-0.3, -0.25) is 19.5 Å². The van der Waals surface area contributed by atoms with E-state index in [1.54, 1.807) is 12.1 Å². The van der Waals surface area contributed by atoms with Crippen LogP contribution in [0.5, 0.6) is 0 Å². The maximum Gasteiger partial charge on any atom is 0.229 e. The lowest BCUT2D eigenvalue weighted by Crippen LogP contribution is -2.47. The first-order valence-electron chi connectivity index (χ1n) is 10.5. The van der Waals surface area contributed by atoms with Crippen LogP contribution in [0.25, 0.3) is 0 Å². The third-order valence-electron chi connectivity index (χ3n) is 5.31. The van der Waals surface area contributed by atoms with Crippen molar-refractivity contribution >= 4 is 17.4 Å². The lowest BCUT2D eigenvalue weighted by molar-refractivity contribution is -0.679. The number of carbonyl (C=O) groups excluding carboxylic acids is 2. The summed E-state index contributed by atoms with van der Waals surface area (Å²) in [6.07, 6.45) is 4.16. The molecule has 10 nitrogen and oxygen atoms in total. The molecule has 1 aliphatic carbocycles. The molecule has 2 aliphatic rings. The Morgan fingerprint density at radius 1 is 1.06 bits per heavy atom. The third kappa shape index (κ3) is 5.47. The predicted octanol–water partition coefficient (Wildman–Crippen LogP) is -0.382. The highest BCUT2D eigenvalue weighted by Crippen LogP contribution is 2.20. The summed E-state index contributed by atoms with van der Waals surface area (Å²) in [5, 5.41) is 3.08. The number of hydrogen-bond donors (Lipinski definition) is 3. The zero-order valence-corrected chi connectivity index (χ0v) is 18.3. The van der Waals surface area contributed by atoms with Gasteiger partial charge in [0, 0.05) is 45.1 Å². The van der Waals surface area contributed by atoms with E-state index >= 15 is 0 Å². The molecule has 6 N–H and O–H groups in total. The Bertz CT molecular complexity index is 957. The summed E-state index contributed by atoms with van der Waals surface area (Å²) in [4.78, 5) is 42.1. The number of quaternary nitrogens is 1. The highest BCUT2D eigenvalue weighted by molar-refractivity contribution is 6.25. The zero-order valence-electron chi connectivity index (χ0n) is 18.3. The molecule has 0 amide bonds. The van der Waals surface area contributed by atoms with Crippen molar-refractivity contribution in [2.24, 2.45) is 5.73 Å². The second-order valence-corrected chi connectivity index (χ2v) is 7.43. The topological polar surface area (TPSA) is 141 Å². The van der Waals surface area contributed by atoms with Crippen molar-refractivity contribution in [2.45, 2.75) is 6.42 Å². The Morgan fingerprint density at radius 2 is 1.78 bits per heavy atom. The van der Waals surface area contributed by atoms with Crippen LogP contribution in [-0.2, 0) is 4.84 Å². The van der Waals surface area contributed by atoms with Crippen LogP contribution >= 0.6 is 0 Å². The molecule has 1 saturated heterocycles. The van der Waals surface area contributed by atoms with Gasteiger partial charge in [-0.05, 0) is 37.2 Å². The van der Waals surface area contributed by atoms with Crippen molar-refractivity contribution in [3.63, 3.8) is 0 Å². The molecule has 0 aromatic carbocycles. The summed E-state index contributed by atoms with van der Waals surface area (Å²) >= 11 is 0. The third-order valence-corrected chi connectivity index (χ3v) is 5.31. The first-order valence-corrected chi connectivity index (χ1v) is 10.5. The second kappa shape index (κ2) is 11.3. The molecule has 0 radical (unpaired) electrons. The number of anilines is 1. The monoisotopic (exact) mass is 440 g/mol. The minimum atomic E-state index is -0.395. The van der Waals surface area contributed by atoms with Gasteiger partial charge >= 0.3 is 0 Å². The fourth-order valence-corrected chi connectivity index (χ4v) is 3.70. The summed E-state index contributed by atoms with van der Waals surface area (Å²) in [5.74, 6) is 3.34. The van der Waals surface area contributed by atoms with Crippen LogP contribution in [0.4, 0.5) is 5.82 Å². The number of allylic oxidation sites excluding steroid dienone is 2. The number of fused-ring (bicyclic) bond motifs is 1. The number of nitrogens with one attached hydrogen (secondary N) is 1. The Hall–Kier alpha value is -3.34. The highest BCUT2D eigenvalue weighted by Gasteiger charge is 2.31. The number of pyridine rings is 2. The van der Waals surface area contributed by atoms with Gasteiger partial charge in [0.05, 0.1) is 12.7 Å². The van der Waals surface area contributed by atoms with E-state index in [-0.39, 0.29) is 22.9 Å². The summed E-state index contributed by atoms with van der Waals surface area (Å²) in [5.41, 5.74) is 6.48. The Labute approximate surface area is 187 Å². The number of rotatable bonds is 6. The molecular formula is C22H30N7O3+. The van der Waals surface area contributed by atoms with Gasteiger partial charge in [-0.1, -0.05) is 6.07 Å². The summed E-state index contributed by atoms with van der Waals surface area (Å²) in [7, 11) is 1.51. The van der Waals surface area contributed by atoms with E-state index in [0.717, 1.165) is 45.0 Å². The van der Waals surface area contributed by atoms with E-state index < -0.39 is 5.78 Å².